The van der Waals surface area contributed by atoms with E-state index in [1.807, 2.05) is 0 Å². The largest absolute Gasteiger partial charge is 0.379 e. The highest BCUT2D eigenvalue weighted by Crippen LogP contribution is 2.14. The number of nitrogens with one attached hydrogen (secondary N) is 2. The van der Waals surface area contributed by atoms with E-state index in [-0.39, 0.29) is 24.0 Å². The molecule has 2 fully saturated rings. The zero-order valence-electron chi connectivity index (χ0n) is 16.1. The van der Waals surface area contributed by atoms with E-state index in [1.54, 1.807) is 0 Å². The SMILES string of the molecule is CCNC(=NCCCN1CCOCC1)NCCN1CCC(C)CC1.I. The van der Waals surface area contributed by atoms with E-state index >= 15 is 0 Å². The van der Waals surface area contributed by atoms with E-state index in [4.69, 9.17) is 9.73 Å². The first kappa shape index (κ1) is 22.9. The molecule has 0 aromatic carbocycles. The molecule has 25 heavy (non-hydrogen) atoms. The Morgan fingerprint density at radius 1 is 1.04 bits per heavy atom. The number of guanidine groups is 1. The maximum atomic E-state index is 5.38. The normalized spacial score (nSPS) is 21.0. The van der Waals surface area contributed by atoms with Crippen molar-refractivity contribution in [3.05, 3.63) is 0 Å². The number of ether oxygens (including phenoxy) is 1. The molecule has 0 spiro atoms. The number of rotatable bonds is 8. The number of nitrogens with zero attached hydrogens (tertiary/aromatic N) is 3. The van der Waals surface area contributed by atoms with Crippen LogP contribution in [-0.4, -0.2) is 87.9 Å². The van der Waals surface area contributed by atoms with Crippen LogP contribution < -0.4 is 10.6 Å². The summed E-state index contributed by atoms with van der Waals surface area (Å²) in [5.74, 6) is 1.87. The van der Waals surface area contributed by atoms with Crippen molar-refractivity contribution in [1.29, 1.82) is 0 Å². The predicted octanol–water partition coefficient (Wildman–Crippen LogP) is 1.61. The van der Waals surface area contributed by atoms with E-state index in [2.05, 4.69) is 34.3 Å². The van der Waals surface area contributed by atoms with Crippen LogP contribution in [0.4, 0.5) is 0 Å². The summed E-state index contributed by atoms with van der Waals surface area (Å²) in [5, 5.41) is 6.83. The highest BCUT2D eigenvalue weighted by atomic mass is 127. The van der Waals surface area contributed by atoms with Crippen molar-refractivity contribution in [3.8, 4) is 0 Å². The second-order valence-corrected chi connectivity index (χ2v) is 7.02. The van der Waals surface area contributed by atoms with E-state index in [1.165, 1.54) is 25.9 Å². The first-order valence-corrected chi connectivity index (χ1v) is 9.82. The Morgan fingerprint density at radius 3 is 2.40 bits per heavy atom. The highest BCUT2D eigenvalue weighted by Gasteiger charge is 2.15. The van der Waals surface area contributed by atoms with E-state index < -0.39 is 0 Å². The molecule has 0 aromatic heterocycles. The van der Waals surface area contributed by atoms with Crippen LogP contribution in [0.5, 0.6) is 0 Å². The molecule has 148 valence electrons. The molecule has 0 aliphatic carbocycles. The molecule has 2 aliphatic rings. The van der Waals surface area contributed by atoms with Gasteiger partial charge in [-0.25, -0.2) is 0 Å². The second-order valence-electron chi connectivity index (χ2n) is 7.02. The van der Waals surface area contributed by atoms with Crippen LogP contribution in [0.3, 0.4) is 0 Å². The van der Waals surface area contributed by atoms with Crippen LogP contribution in [0.1, 0.15) is 33.1 Å². The van der Waals surface area contributed by atoms with Gasteiger partial charge in [0.15, 0.2) is 5.96 Å². The molecule has 0 aromatic rings. The standard InChI is InChI=1S/C18H37N5O.HI/c1-3-19-18(20-7-4-9-22-13-15-24-16-14-22)21-8-12-23-10-5-17(2)6-11-23;/h17H,3-16H2,1-2H3,(H2,19,20,21);1H. The number of piperidine rings is 1. The van der Waals surface area contributed by atoms with Crippen LogP contribution in [0, 0.1) is 5.92 Å². The lowest BCUT2D eigenvalue weighted by Gasteiger charge is -2.30. The van der Waals surface area contributed by atoms with Crippen molar-refractivity contribution in [2.24, 2.45) is 10.9 Å². The Morgan fingerprint density at radius 2 is 1.72 bits per heavy atom. The van der Waals surface area contributed by atoms with E-state index in [9.17, 15) is 0 Å². The Labute approximate surface area is 171 Å². The zero-order chi connectivity index (χ0) is 17.0. The Kier molecular flexibility index (Phi) is 12.8. The smallest absolute Gasteiger partial charge is 0.191 e. The third-order valence-corrected chi connectivity index (χ3v) is 4.95. The zero-order valence-corrected chi connectivity index (χ0v) is 18.5. The van der Waals surface area contributed by atoms with Gasteiger partial charge in [-0.1, -0.05) is 6.92 Å². The summed E-state index contributed by atoms with van der Waals surface area (Å²) in [4.78, 5) is 9.74. The summed E-state index contributed by atoms with van der Waals surface area (Å²) in [6, 6.07) is 0. The summed E-state index contributed by atoms with van der Waals surface area (Å²) in [6.07, 6.45) is 3.80. The first-order chi connectivity index (χ1) is 11.8. The van der Waals surface area contributed by atoms with Gasteiger partial charge in [-0.05, 0) is 45.2 Å². The molecule has 2 rings (SSSR count). The molecule has 0 saturated carbocycles. The Balaban J connectivity index is 0.00000312. The fourth-order valence-electron chi connectivity index (χ4n) is 3.27. The molecule has 0 bridgehead atoms. The highest BCUT2D eigenvalue weighted by molar-refractivity contribution is 14.0. The van der Waals surface area contributed by atoms with Crippen LogP contribution in [0.25, 0.3) is 0 Å². The van der Waals surface area contributed by atoms with Gasteiger partial charge in [0.05, 0.1) is 13.2 Å². The molecule has 6 nitrogen and oxygen atoms in total. The van der Waals surface area contributed by atoms with Crippen molar-refractivity contribution in [2.75, 3.05) is 72.1 Å². The molecule has 2 heterocycles. The molecule has 2 aliphatic heterocycles. The fraction of sp³-hybridized carbons (Fsp3) is 0.944. The quantitative estimate of drug-likeness (QED) is 0.246. The third-order valence-electron chi connectivity index (χ3n) is 4.95. The third kappa shape index (κ3) is 9.96. The van der Waals surface area contributed by atoms with Gasteiger partial charge >= 0.3 is 0 Å². The van der Waals surface area contributed by atoms with Gasteiger partial charge in [0.1, 0.15) is 0 Å². The van der Waals surface area contributed by atoms with E-state index in [0.29, 0.717) is 0 Å². The molecular formula is C18H38IN5O. The van der Waals surface area contributed by atoms with Crippen LogP contribution >= 0.6 is 24.0 Å². The van der Waals surface area contributed by atoms with Crippen molar-refractivity contribution >= 4 is 29.9 Å². The molecule has 2 N–H and O–H groups in total. The number of morpholine rings is 1. The van der Waals surface area contributed by atoms with Crippen molar-refractivity contribution in [3.63, 3.8) is 0 Å². The lowest BCUT2D eigenvalue weighted by molar-refractivity contribution is 0.0377. The topological polar surface area (TPSA) is 52.1 Å². The van der Waals surface area contributed by atoms with Gasteiger partial charge in [0.25, 0.3) is 0 Å². The maximum Gasteiger partial charge on any atom is 0.191 e. The number of aliphatic imine (C=N–C) groups is 1. The average molecular weight is 467 g/mol. The fourth-order valence-corrected chi connectivity index (χ4v) is 3.27. The van der Waals surface area contributed by atoms with Crippen molar-refractivity contribution in [2.45, 2.75) is 33.1 Å². The molecule has 0 amide bonds. The van der Waals surface area contributed by atoms with Gasteiger partial charge in [-0.3, -0.25) is 9.89 Å². The summed E-state index contributed by atoms with van der Waals surface area (Å²) in [6.45, 7) is 15.9. The Hall–Kier alpha value is -0.120. The molecule has 7 heteroatoms. The monoisotopic (exact) mass is 467 g/mol. The average Bonchev–Trinajstić information content (AvgIpc) is 2.61. The van der Waals surface area contributed by atoms with Crippen molar-refractivity contribution in [1.82, 2.24) is 20.4 Å². The lowest BCUT2D eigenvalue weighted by Crippen LogP contribution is -2.43. The van der Waals surface area contributed by atoms with Gasteiger partial charge in [0, 0.05) is 45.8 Å². The summed E-state index contributed by atoms with van der Waals surface area (Å²) in [7, 11) is 0. The minimum absolute atomic E-state index is 0. The first-order valence-electron chi connectivity index (χ1n) is 9.82. The van der Waals surface area contributed by atoms with Crippen molar-refractivity contribution < 1.29 is 4.74 Å². The maximum absolute atomic E-state index is 5.38. The minimum Gasteiger partial charge on any atom is -0.379 e. The lowest BCUT2D eigenvalue weighted by atomic mass is 9.99. The van der Waals surface area contributed by atoms with Gasteiger partial charge < -0.3 is 20.3 Å². The molecule has 0 radical (unpaired) electrons. The van der Waals surface area contributed by atoms with Gasteiger partial charge in [0.2, 0.25) is 0 Å². The second kappa shape index (κ2) is 14.0. The molecule has 0 atom stereocenters. The number of likely N-dealkylation sites (tertiary alicyclic amines) is 1. The number of hydrogen-bond donors (Lipinski definition) is 2. The summed E-state index contributed by atoms with van der Waals surface area (Å²) in [5.41, 5.74) is 0. The predicted molar refractivity (Wildman–Crippen MR) is 116 cm³/mol. The van der Waals surface area contributed by atoms with Gasteiger partial charge in [-0.15, -0.1) is 24.0 Å². The Bertz CT molecular complexity index is 355. The number of halogens is 1. The minimum atomic E-state index is 0. The van der Waals surface area contributed by atoms with Crippen LogP contribution in [-0.2, 0) is 4.74 Å². The summed E-state index contributed by atoms with van der Waals surface area (Å²) < 4.78 is 5.38. The van der Waals surface area contributed by atoms with Gasteiger partial charge in [-0.2, -0.15) is 0 Å². The molecule has 2 saturated heterocycles. The van der Waals surface area contributed by atoms with E-state index in [0.717, 1.165) is 77.3 Å². The molecular weight excluding hydrogens is 429 g/mol. The van der Waals surface area contributed by atoms with Crippen LogP contribution in [0.15, 0.2) is 4.99 Å². The molecule has 0 unspecified atom stereocenters. The summed E-state index contributed by atoms with van der Waals surface area (Å²) >= 11 is 0. The number of hydrogen-bond acceptors (Lipinski definition) is 4. The van der Waals surface area contributed by atoms with Crippen LogP contribution in [0.2, 0.25) is 0 Å².